The van der Waals surface area contributed by atoms with Gasteiger partial charge in [0.2, 0.25) is 5.91 Å². The molecule has 2 bridgehead atoms. The lowest BCUT2D eigenvalue weighted by Gasteiger charge is -2.33. The van der Waals surface area contributed by atoms with Gasteiger partial charge in [-0.25, -0.2) is 4.79 Å². The second-order valence-electron chi connectivity index (χ2n) is 10.4. The number of carboxylic acids is 1. The van der Waals surface area contributed by atoms with Crippen LogP contribution >= 0.6 is 11.3 Å². The van der Waals surface area contributed by atoms with Crippen LogP contribution in [0.3, 0.4) is 0 Å². The van der Waals surface area contributed by atoms with Crippen LogP contribution in [-0.2, 0) is 27.2 Å². The third-order valence-corrected chi connectivity index (χ3v) is 8.88. The molecule has 0 aliphatic heterocycles. The molecule has 31 heavy (non-hydrogen) atoms. The maximum Gasteiger partial charge on any atom is 0.341 e. The van der Waals surface area contributed by atoms with Gasteiger partial charge in [0.25, 0.3) is 0 Å². The Morgan fingerprint density at radius 3 is 2.42 bits per heavy atom. The van der Waals surface area contributed by atoms with Crippen molar-refractivity contribution in [2.45, 2.75) is 66.2 Å². The largest absolute Gasteiger partial charge is 0.481 e. The molecule has 3 aliphatic carbocycles. The Morgan fingerprint density at radius 2 is 1.81 bits per heavy atom. The van der Waals surface area contributed by atoms with E-state index in [1.165, 1.54) is 11.3 Å². The first-order chi connectivity index (χ1) is 14.6. The summed E-state index contributed by atoms with van der Waals surface area (Å²) in [6.07, 6.45) is 5.29. The number of anilines is 1. The zero-order valence-corrected chi connectivity index (χ0v) is 19.6. The number of nitrogens with one attached hydrogen (secondary N) is 1. The Morgan fingerprint density at radius 1 is 1.13 bits per heavy atom. The number of hydrogen-bond acceptors (Lipinski definition) is 5. The van der Waals surface area contributed by atoms with Gasteiger partial charge in [0.05, 0.1) is 24.0 Å². The number of thiophene rings is 1. The molecule has 1 aromatic rings. The number of carboxylic acid groups (broad SMARTS) is 1. The number of hydrogen-bond donors (Lipinski definition) is 2. The summed E-state index contributed by atoms with van der Waals surface area (Å²) in [6, 6.07) is 0. The number of carbonyl (C=O) groups excluding carboxylic acids is 2. The van der Waals surface area contributed by atoms with Gasteiger partial charge in [0, 0.05) is 4.88 Å². The molecule has 1 heterocycles. The van der Waals surface area contributed by atoms with Crippen LogP contribution in [0.5, 0.6) is 0 Å². The molecule has 170 valence electrons. The van der Waals surface area contributed by atoms with Gasteiger partial charge in [-0.2, -0.15) is 0 Å². The van der Waals surface area contributed by atoms with Crippen LogP contribution in [0.15, 0.2) is 0 Å². The summed E-state index contributed by atoms with van der Waals surface area (Å²) >= 11 is 1.47. The SMILES string of the molecule is CCOC(=O)c1c(NC(=O)[C@@H]2[C@@H]3CC[C@@H](C3)[C@@H]2C(=O)O)sc2c1CC[C@@H](C(C)(C)C)C2. The van der Waals surface area contributed by atoms with Gasteiger partial charge in [-0.3, -0.25) is 9.59 Å². The fraction of sp³-hybridized carbons (Fsp3) is 0.708. The van der Waals surface area contributed by atoms with Gasteiger partial charge in [-0.15, -0.1) is 11.3 Å². The Kier molecular flexibility index (Phi) is 5.92. The van der Waals surface area contributed by atoms with Crippen LogP contribution in [0.1, 0.15) is 74.2 Å². The zero-order chi connectivity index (χ0) is 22.5. The quantitative estimate of drug-likeness (QED) is 0.635. The molecule has 2 N–H and O–H groups in total. The second kappa shape index (κ2) is 8.23. The second-order valence-corrected chi connectivity index (χ2v) is 11.6. The first kappa shape index (κ1) is 22.3. The molecule has 2 fully saturated rings. The first-order valence-electron chi connectivity index (χ1n) is 11.5. The van der Waals surface area contributed by atoms with Crippen molar-refractivity contribution in [3.63, 3.8) is 0 Å². The van der Waals surface area contributed by atoms with E-state index in [9.17, 15) is 19.5 Å². The highest BCUT2D eigenvalue weighted by Gasteiger charge is 2.54. The standard InChI is InChI=1S/C24H33NO5S/c1-5-30-23(29)19-15-9-8-14(24(2,3)4)11-16(15)31-21(19)25-20(26)17-12-6-7-13(10-12)18(17)22(27)28/h12-14,17-18H,5-11H2,1-4H3,(H,25,26)(H,27,28)/t12-,13+,14-,17-,18+/m1/s1. The minimum Gasteiger partial charge on any atom is -0.481 e. The van der Waals surface area contributed by atoms with Crippen molar-refractivity contribution in [3.05, 3.63) is 16.0 Å². The highest BCUT2D eigenvalue weighted by atomic mass is 32.1. The lowest BCUT2D eigenvalue weighted by molar-refractivity contribution is -0.148. The van der Waals surface area contributed by atoms with Gasteiger partial charge in [0.1, 0.15) is 5.00 Å². The average molecular weight is 448 g/mol. The third-order valence-electron chi connectivity index (χ3n) is 7.71. The van der Waals surface area contributed by atoms with Gasteiger partial charge in [-0.05, 0) is 74.2 Å². The number of fused-ring (bicyclic) bond motifs is 3. The maximum atomic E-state index is 13.3. The van der Waals surface area contributed by atoms with Crippen LogP contribution < -0.4 is 5.32 Å². The average Bonchev–Trinajstić information content (AvgIpc) is 3.38. The van der Waals surface area contributed by atoms with Crippen molar-refractivity contribution >= 4 is 34.2 Å². The van der Waals surface area contributed by atoms with E-state index in [4.69, 9.17) is 4.74 Å². The van der Waals surface area contributed by atoms with Crippen molar-refractivity contribution in [1.29, 1.82) is 0 Å². The van der Waals surface area contributed by atoms with Crippen molar-refractivity contribution < 1.29 is 24.2 Å². The van der Waals surface area contributed by atoms with Crippen LogP contribution in [-0.4, -0.2) is 29.6 Å². The van der Waals surface area contributed by atoms with Gasteiger partial charge in [-0.1, -0.05) is 20.8 Å². The van der Waals surface area contributed by atoms with E-state index in [0.717, 1.165) is 49.0 Å². The molecular formula is C24H33NO5S. The first-order valence-corrected chi connectivity index (χ1v) is 12.3. The van der Waals surface area contributed by atoms with E-state index in [1.807, 2.05) is 0 Å². The topological polar surface area (TPSA) is 92.7 Å². The van der Waals surface area contributed by atoms with Crippen molar-refractivity contribution in [3.8, 4) is 0 Å². The Bertz CT molecular complexity index is 899. The van der Waals surface area contributed by atoms with Crippen LogP contribution in [0.4, 0.5) is 5.00 Å². The summed E-state index contributed by atoms with van der Waals surface area (Å²) in [5.74, 6) is -1.94. The van der Waals surface area contributed by atoms with Crippen molar-refractivity contribution in [2.75, 3.05) is 11.9 Å². The number of amides is 1. The minimum atomic E-state index is -0.878. The van der Waals surface area contributed by atoms with E-state index in [1.54, 1.807) is 6.92 Å². The van der Waals surface area contributed by atoms with E-state index in [2.05, 4.69) is 26.1 Å². The van der Waals surface area contributed by atoms with Gasteiger partial charge < -0.3 is 15.2 Å². The molecule has 2 saturated carbocycles. The molecule has 0 spiro atoms. The number of aliphatic carboxylic acids is 1. The molecule has 3 aliphatic rings. The van der Waals surface area contributed by atoms with Crippen LogP contribution in [0.2, 0.25) is 0 Å². The lowest BCUT2D eigenvalue weighted by atomic mass is 9.72. The minimum absolute atomic E-state index is 0.0897. The third kappa shape index (κ3) is 4.01. The molecule has 1 amide bonds. The molecule has 6 nitrogen and oxygen atoms in total. The molecule has 5 atom stereocenters. The maximum absolute atomic E-state index is 13.3. The fourth-order valence-electron chi connectivity index (χ4n) is 6.05. The summed E-state index contributed by atoms with van der Waals surface area (Å²) in [6.45, 7) is 8.78. The number of esters is 1. The summed E-state index contributed by atoms with van der Waals surface area (Å²) in [5.41, 5.74) is 1.66. The van der Waals surface area contributed by atoms with Crippen LogP contribution in [0, 0.1) is 35.0 Å². The monoisotopic (exact) mass is 447 g/mol. The molecule has 0 aromatic carbocycles. The zero-order valence-electron chi connectivity index (χ0n) is 18.8. The molecule has 1 aromatic heterocycles. The van der Waals surface area contributed by atoms with E-state index < -0.39 is 23.8 Å². The highest BCUT2D eigenvalue weighted by Crippen LogP contribution is 2.53. The van der Waals surface area contributed by atoms with Crippen molar-refractivity contribution in [2.24, 2.45) is 35.0 Å². The number of ether oxygens (including phenoxy) is 1. The van der Waals surface area contributed by atoms with E-state index >= 15 is 0 Å². The summed E-state index contributed by atoms with van der Waals surface area (Å²) in [4.78, 5) is 39.1. The Labute approximate surface area is 187 Å². The summed E-state index contributed by atoms with van der Waals surface area (Å²) in [7, 11) is 0. The van der Waals surface area contributed by atoms with Gasteiger partial charge >= 0.3 is 11.9 Å². The van der Waals surface area contributed by atoms with Crippen molar-refractivity contribution in [1.82, 2.24) is 0 Å². The Balaban J connectivity index is 1.63. The molecule has 4 rings (SSSR count). The summed E-state index contributed by atoms with van der Waals surface area (Å²) in [5, 5.41) is 13.2. The molecule has 0 saturated heterocycles. The normalized spacial score (nSPS) is 29.5. The fourth-order valence-corrected chi connectivity index (χ4v) is 7.37. The Hall–Kier alpha value is -1.89. The number of rotatable bonds is 5. The molecular weight excluding hydrogens is 414 g/mol. The predicted molar refractivity (Wildman–Crippen MR) is 119 cm³/mol. The van der Waals surface area contributed by atoms with Gasteiger partial charge in [0.15, 0.2) is 0 Å². The lowest BCUT2D eigenvalue weighted by Crippen LogP contribution is -2.38. The molecule has 0 radical (unpaired) electrons. The number of carbonyl (C=O) groups is 3. The molecule has 0 unspecified atom stereocenters. The van der Waals surface area contributed by atoms with Crippen LogP contribution in [0.25, 0.3) is 0 Å². The predicted octanol–water partition coefficient (Wildman–Crippen LogP) is 4.76. The smallest absolute Gasteiger partial charge is 0.341 e. The van der Waals surface area contributed by atoms with E-state index in [-0.39, 0.29) is 29.8 Å². The summed E-state index contributed by atoms with van der Waals surface area (Å²) < 4.78 is 5.33. The molecule has 7 heteroatoms. The van der Waals surface area contributed by atoms with E-state index in [0.29, 0.717) is 16.5 Å². The highest BCUT2D eigenvalue weighted by molar-refractivity contribution is 7.17.